The number of guanidine groups is 1. The maximum atomic E-state index is 6.09. The molecule has 2 aromatic rings. The first kappa shape index (κ1) is 14.2. The van der Waals surface area contributed by atoms with Gasteiger partial charge in [0.25, 0.3) is 0 Å². The molecule has 0 saturated carbocycles. The molecule has 3 nitrogen and oxygen atoms in total. The van der Waals surface area contributed by atoms with Crippen molar-refractivity contribution in [2.45, 2.75) is 13.0 Å². The molecule has 5 heteroatoms. The second-order valence-corrected chi connectivity index (χ2v) is 5.94. The minimum absolute atomic E-state index is 0.0701. The van der Waals surface area contributed by atoms with Crippen LogP contribution in [0.4, 0.5) is 5.69 Å². The quantitative estimate of drug-likeness (QED) is 0.902. The molecule has 21 heavy (non-hydrogen) atoms. The fraction of sp³-hybridized carbons (Fsp3) is 0.188. The Bertz CT molecular complexity index is 712. The van der Waals surface area contributed by atoms with Crippen LogP contribution in [0.15, 0.2) is 47.5 Å². The molecule has 0 bridgehead atoms. The molecule has 2 N–H and O–H groups in total. The lowest BCUT2D eigenvalue weighted by Gasteiger charge is -2.28. The van der Waals surface area contributed by atoms with Crippen LogP contribution in [0, 0.1) is 6.92 Å². The largest absolute Gasteiger partial charge is 0.369 e. The van der Waals surface area contributed by atoms with Gasteiger partial charge in [0.15, 0.2) is 5.96 Å². The highest BCUT2D eigenvalue weighted by molar-refractivity contribution is 6.31. The van der Waals surface area contributed by atoms with Crippen molar-refractivity contribution in [1.82, 2.24) is 0 Å². The number of anilines is 1. The third kappa shape index (κ3) is 2.71. The molecular weight excluding hydrogens is 305 g/mol. The van der Waals surface area contributed by atoms with E-state index in [9.17, 15) is 0 Å². The standard InChI is InChI=1S/C16H15Cl2N3/c1-10-7-12(18)5-6-14(10)15-9-20-16(19)21(15)13-4-2-3-11(17)8-13/h2-8,15H,9H2,1H3,(H2,19,20). The summed E-state index contributed by atoms with van der Waals surface area (Å²) in [6.07, 6.45) is 0. The highest BCUT2D eigenvalue weighted by Gasteiger charge is 2.29. The summed E-state index contributed by atoms with van der Waals surface area (Å²) in [4.78, 5) is 6.41. The van der Waals surface area contributed by atoms with Crippen molar-refractivity contribution in [1.29, 1.82) is 0 Å². The lowest BCUT2D eigenvalue weighted by molar-refractivity contribution is 0.762. The van der Waals surface area contributed by atoms with Gasteiger partial charge in [0.2, 0.25) is 0 Å². The van der Waals surface area contributed by atoms with E-state index in [0.717, 1.165) is 16.3 Å². The number of rotatable bonds is 2. The molecule has 1 aliphatic rings. The number of hydrogen-bond acceptors (Lipinski definition) is 3. The van der Waals surface area contributed by atoms with Crippen LogP contribution < -0.4 is 10.6 Å². The van der Waals surface area contributed by atoms with Gasteiger partial charge in [0.1, 0.15) is 0 Å². The second-order valence-electron chi connectivity index (χ2n) is 5.07. The van der Waals surface area contributed by atoms with E-state index < -0.39 is 0 Å². The number of nitrogens with zero attached hydrogens (tertiary/aromatic N) is 2. The molecule has 1 heterocycles. The average molecular weight is 320 g/mol. The maximum Gasteiger partial charge on any atom is 0.196 e. The molecule has 1 unspecified atom stereocenters. The van der Waals surface area contributed by atoms with Crippen molar-refractivity contribution >= 4 is 34.8 Å². The highest BCUT2D eigenvalue weighted by atomic mass is 35.5. The lowest BCUT2D eigenvalue weighted by Crippen LogP contribution is -2.36. The van der Waals surface area contributed by atoms with Crippen LogP contribution in [-0.4, -0.2) is 12.5 Å². The van der Waals surface area contributed by atoms with Gasteiger partial charge in [0, 0.05) is 15.7 Å². The zero-order valence-electron chi connectivity index (χ0n) is 11.6. The van der Waals surface area contributed by atoms with Crippen LogP contribution in [0.1, 0.15) is 17.2 Å². The third-order valence-electron chi connectivity index (χ3n) is 3.66. The number of benzene rings is 2. The van der Waals surface area contributed by atoms with Crippen molar-refractivity contribution < 1.29 is 0 Å². The Labute approximate surface area is 134 Å². The minimum atomic E-state index is 0.0701. The van der Waals surface area contributed by atoms with Gasteiger partial charge in [-0.3, -0.25) is 4.99 Å². The summed E-state index contributed by atoms with van der Waals surface area (Å²) < 4.78 is 0. The zero-order chi connectivity index (χ0) is 15.0. The second kappa shape index (κ2) is 5.58. The van der Waals surface area contributed by atoms with E-state index in [0.29, 0.717) is 17.5 Å². The topological polar surface area (TPSA) is 41.6 Å². The molecule has 0 amide bonds. The van der Waals surface area contributed by atoms with Crippen molar-refractivity contribution in [3.63, 3.8) is 0 Å². The number of hydrogen-bond donors (Lipinski definition) is 1. The van der Waals surface area contributed by atoms with Crippen molar-refractivity contribution in [2.75, 3.05) is 11.4 Å². The zero-order valence-corrected chi connectivity index (χ0v) is 13.1. The van der Waals surface area contributed by atoms with E-state index in [4.69, 9.17) is 28.9 Å². The monoisotopic (exact) mass is 319 g/mol. The Morgan fingerprint density at radius 3 is 2.62 bits per heavy atom. The highest BCUT2D eigenvalue weighted by Crippen LogP contribution is 2.34. The molecule has 2 aromatic carbocycles. The Morgan fingerprint density at radius 2 is 1.90 bits per heavy atom. The van der Waals surface area contributed by atoms with Crippen LogP contribution in [0.25, 0.3) is 0 Å². The number of aryl methyl sites for hydroxylation is 1. The normalized spacial score (nSPS) is 18.0. The van der Waals surface area contributed by atoms with E-state index in [1.54, 1.807) is 0 Å². The van der Waals surface area contributed by atoms with Gasteiger partial charge >= 0.3 is 0 Å². The van der Waals surface area contributed by atoms with Crippen LogP contribution in [0.3, 0.4) is 0 Å². The van der Waals surface area contributed by atoms with Crippen molar-refractivity contribution in [3.8, 4) is 0 Å². The van der Waals surface area contributed by atoms with Crippen LogP contribution in [0.2, 0.25) is 10.0 Å². The van der Waals surface area contributed by atoms with E-state index in [2.05, 4.69) is 4.99 Å². The van der Waals surface area contributed by atoms with E-state index in [1.807, 2.05) is 54.3 Å². The smallest absolute Gasteiger partial charge is 0.196 e. The fourth-order valence-electron chi connectivity index (χ4n) is 2.69. The Balaban J connectivity index is 2.03. The summed E-state index contributed by atoms with van der Waals surface area (Å²) in [5, 5.41) is 1.41. The predicted molar refractivity (Wildman–Crippen MR) is 89.4 cm³/mol. The van der Waals surface area contributed by atoms with E-state index >= 15 is 0 Å². The van der Waals surface area contributed by atoms with E-state index in [-0.39, 0.29) is 6.04 Å². The van der Waals surface area contributed by atoms with Crippen molar-refractivity contribution in [2.24, 2.45) is 10.7 Å². The molecule has 1 atom stereocenters. The average Bonchev–Trinajstić information content (AvgIpc) is 2.80. The molecule has 1 aliphatic heterocycles. The van der Waals surface area contributed by atoms with Crippen LogP contribution in [-0.2, 0) is 0 Å². The first-order valence-corrected chi connectivity index (χ1v) is 7.42. The van der Waals surface area contributed by atoms with Crippen LogP contribution in [0.5, 0.6) is 0 Å². The summed E-state index contributed by atoms with van der Waals surface area (Å²) in [7, 11) is 0. The van der Waals surface area contributed by atoms with Gasteiger partial charge in [-0.05, 0) is 48.4 Å². The third-order valence-corrected chi connectivity index (χ3v) is 4.13. The summed E-state index contributed by atoms with van der Waals surface area (Å²) in [5.41, 5.74) is 9.32. The van der Waals surface area contributed by atoms with Crippen molar-refractivity contribution in [3.05, 3.63) is 63.6 Å². The molecule has 0 radical (unpaired) electrons. The van der Waals surface area contributed by atoms with Gasteiger partial charge in [-0.15, -0.1) is 0 Å². The Hall–Kier alpha value is -1.71. The minimum Gasteiger partial charge on any atom is -0.369 e. The molecular formula is C16H15Cl2N3. The molecule has 0 fully saturated rings. The summed E-state index contributed by atoms with van der Waals surface area (Å²) in [5.74, 6) is 0.511. The van der Waals surface area contributed by atoms with Crippen LogP contribution >= 0.6 is 23.2 Å². The van der Waals surface area contributed by atoms with Gasteiger partial charge in [-0.25, -0.2) is 0 Å². The Morgan fingerprint density at radius 1 is 1.14 bits per heavy atom. The summed E-state index contributed by atoms with van der Waals surface area (Å²) in [6.45, 7) is 2.67. The Kier molecular flexibility index (Phi) is 3.79. The lowest BCUT2D eigenvalue weighted by atomic mass is 10.0. The summed E-state index contributed by atoms with van der Waals surface area (Å²) in [6, 6.07) is 13.6. The molecule has 0 spiro atoms. The molecule has 108 valence electrons. The molecule has 0 saturated heterocycles. The summed E-state index contributed by atoms with van der Waals surface area (Å²) >= 11 is 12.1. The maximum absolute atomic E-state index is 6.09. The number of halogens is 2. The molecule has 0 aliphatic carbocycles. The first-order chi connectivity index (χ1) is 10.1. The number of aliphatic imine (C=N–C) groups is 1. The first-order valence-electron chi connectivity index (χ1n) is 6.67. The molecule has 0 aromatic heterocycles. The van der Waals surface area contributed by atoms with Gasteiger partial charge in [0.05, 0.1) is 12.6 Å². The van der Waals surface area contributed by atoms with E-state index in [1.165, 1.54) is 5.56 Å². The SMILES string of the molecule is Cc1cc(Cl)ccc1C1CN=C(N)N1c1cccc(Cl)c1. The van der Waals surface area contributed by atoms with Gasteiger partial charge < -0.3 is 10.6 Å². The van der Waals surface area contributed by atoms with Gasteiger partial charge in [-0.2, -0.15) is 0 Å². The fourth-order valence-corrected chi connectivity index (χ4v) is 3.10. The molecule has 3 rings (SSSR count). The van der Waals surface area contributed by atoms with Gasteiger partial charge in [-0.1, -0.05) is 35.3 Å². The number of nitrogens with two attached hydrogens (primary N) is 1. The predicted octanol–water partition coefficient (Wildman–Crippen LogP) is 4.18.